The largest absolute Gasteiger partial charge is 0.271 e. The fourth-order valence-corrected chi connectivity index (χ4v) is 3.07. The zero-order valence-electron chi connectivity index (χ0n) is 10.3. The molecule has 20 heavy (non-hydrogen) atoms. The number of halogens is 4. The Hall–Kier alpha value is -0.650. The smallest absolute Gasteiger partial charge is 0.137 e. The van der Waals surface area contributed by atoms with Crippen LogP contribution in [0.15, 0.2) is 40.9 Å². The summed E-state index contributed by atoms with van der Waals surface area (Å²) >= 11 is 15.5. The molecule has 0 saturated carbocycles. The molecule has 2 nitrogen and oxygen atoms in total. The number of hydrogen-bond donors (Lipinski definition) is 2. The number of nitrogens with one attached hydrogen (secondary N) is 1. The number of rotatable bonds is 4. The summed E-state index contributed by atoms with van der Waals surface area (Å²) in [7, 11) is 0. The van der Waals surface area contributed by atoms with Crippen molar-refractivity contribution in [3.63, 3.8) is 0 Å². The lowest BCUT2D eigenvalue weighted by atomic mass is 9.99. The van der Waals surface area contributed by atoms with E-state index in [1.807, 2.05) is 0 Å². The SMILES string of the molecule is NNC(Cc1c(Cl)cccc1Cl)c1cccc(F)c1Br. The van der Waals surface area contributed by atoms with Gasteiger partial charge in [0.1, 0.15) is 5.82 Å². The van der Waals surface area contributed by atoms with Crippen molar-refractivity contribution in [1.82, 2.24) is 5.43 Å². The van der Waals surface area contributed by atoms with E-state index in [1.54, 1.807) is 30.3 Å². The molecule has 2 rings (SSSR count). The van der Waals surface area contributed by atoms with Crippen molar-refractivity contribution in [3.8, 4) is 0 Å². The average Bonchev–Trinajstić information content (AvgIpc) is 2.42. The van der Waals surface area contributed by atoms with Crippen molar-refractivity contribution < 1.29 is 4.39 Å². The van der Waals surface area contributed by atoms with Gasteiger partial charge < -0.3 is 0 Å². The topological polar surface area (TPSA) is 38.0 Å². The van der Waals surface area contributed by atoms with Crippen LogP contribution in [-0.2, 0) is 6.42 Å². The van der Waals surface area contributed by atoms with Gasteiger partial charge in [-0.3, -0.25) is 11.3 Å². The summed E-state index contributed by atoms with van der Waals surface area (Å²) in [6.45, 7) is 0. The molecule has 1 atom stereocenters. The highest BCUT2D eigenvalue weighted by atomic mass is 79.9. The Labute approximate surface area is 135 Å². The second-order valence-corrected chi connectivity index (χ2v) is 5.87. The summed E-state index contributed by atoms with van der Waals surface area (Å²) < 4.78 is 14.0. The summed E-state index contributed by atoms with van der Waals surface area (Å²) in [4.78, 5) is 0. The van der Waals surface area contributed by atoms with Crippen molar-refractivity contribution in [1.29, 1.82) is 0 Å². The second-order valence-electron chi connectivity index (χ2n) is 4.27. The third-order valence-corrected chi connectivity index (χ3v) is 4.57. The maximum absolute atomic E-state index is 13.6. The molecular formula is C14H12BrCl2FN2. The van der Waals surface area contributed by atoms with E-state index in [2.05, 4.69) is 21.4 Å². The molecule has 0 fully saturated rings. The second kappa shape index (κ2) is 6.87. The molecule has 0 spiro atoms. The van der Waals surface area contributed by atoms with Gasteiger partial charge in [0.2, 0.25) is 0 Å². The molecule has 1 unspecified atom stereocenters. The first-order valence-electron chi connectivity index (χ1n) is 5.87. The van der Waals surface area contributed by atoms with Crippen LogP contribution in [0.5, 0.6) is 0 Å². The third kappa shape index (κ3) is 3.32. The van der Waals surface area contributed by atoms with Crippen LogP contribution in [0.25, 0.3) is 0 Å². The van der Waals surface area contributed by atoms with Gasteiger partial charge in [-0.1, -0.05) is 41.4 Å². The average molecular weight is 378 g/mol. The van der Waals surface area contributed by atoms with E-state index in [9.17, 15) is 4.39 Å². The molecule has 106 valence electrons. The van der Waals surface area contributed by atoms with Gasteiger partial charge in [-0.25, -0.2) is 4.39 Å². The lowest BCUT2D eigenvalue weighted by molar-refractivity contribution is 0.540. The Morgan fingerprint density at radius 3 is 2.35 bits per heavy atom. The molecule has 0 bridgehead atoms. The minimum Gasteiger partial charge on any atom is -0.271 e. The summed E-state index contributed by atoms with van der Waals surface area (Å²) in [5.74, 6) is 5.25. The fraction of sp³-hybridized carbons (Fsp3) is 0.143. The zero-order valence-corrected chi connectivity index (χ0v) is 13.4. The van der Waals surface area contributed by atoms with Gasteiger partial charge in [-0.05, 0) is 51.7 Å². The number of benzene rings is 2. The van der Waals surface area contributed by atoms with E-state index in [-0.39, 0.29) is 11.9 Å². The predicted octanol–water partition coefficient (Wildman–Crippen LogP) is 4.64. The van der Waals surface area contributed by atoms with Crippen LogP contribution in [0.1, 0.15) is 17.2 Å². The molecule has 0 amide bonds. The molecule has 2 aromatic carbocycles. The van der Waals surface area contributed by atoms with E-state index >= 15 is 0 Å². The lowest BCUT2D eigenvalue weighted by Crippen LogP contribution is -2.30. The maximum Gasteiger partial charge on any atom is 0.137 e. The number of hydrogen-bond acceptors (Lipinski definition) is 2. The molecule has 6 heteroatoms. The van der Waals surface area contributed by atoms with Crippen LogP contribution < -0.4 is 11.3 Å². The molecule has 0 saturated heterocycles. The normalized spacial score (nSPS) is 12.4. The third-order valence-electron chi connectivity index (χ3n) is 3.03. The van der Waals surface area contributed by atoms with Gasteiger partial charge in [-0.15, -0.1) is 0 Å². The molecular weight excluding hydrogens is 366 g/mol. The first kappa shape index (κ1) is 15.7. The Kier molecular flexibility index (Phi) is 5.41. The van der Waals surface area contributed by atoms with Crippen LogP contribution in [-0.4, -0.2) is 0 Å². The molecule has 0 radical (unpaired) electrons. The summed E-state index contributed by atoms with van der Waals surface area (Å²) in [5.41, 5.74) is 4.16. The molecule has 2 aromatic rings. The number of nitrogens with two attached hydrogens (primary N) is 1. The van der Waals surface area contributed by atoms with Gasteiger partial charge >= 0.3 is 0 Å². The van der Waals surface area contributed by atoms with Crippen molar-refractivity contribution >= 4 is 39.1 Å². The molecule has 3 N–H and O–H groups in total. The summed E-state index contributed by atoms with van der Waals surface area (Å²) in [5, 5.41) is 1.12. The van der Waals surface area contributed by atoms with Crippen LogP contribution >= 0.6 is 39.1 Å². The predicted molar refractivity (Wildman–Crippen MR) is 84.3 cm³/mol. The van der Waals surface area contributed by atoms with Crippen molar-refractivity contribution in [2.24, 2.45) is 5.84 Å². The zero-order chi connectivity index (χ0) is 14.7. The minimum atomic E-state index is -0.340. The first-order valence-corrected chi connectivity index (χ1v) is 7.42. The Morgan fingerprint density at radius 1 is 1.15 bits per heavy atom. The Morgan fingerprint density at radius 2 is 1.75 bits per heavy atom. The van der Waals surface area contributed by atoms with Gasteiger partial charge in [0, 0.05) is 10.0 Å². The van der Waals surface area contributed by atoms with E-state index in [4.69, 9.17) is 29.0 Å². The first-order chi connectivity index (χ1) is 9.54. The van der Waals surface area contributed by atoms with E-state index in [0.717, 1.165) is 5.56 Å². The van der Waals surface area contributed by atoms with Crippen LogP contribution in [0.2, 0.25) is 10.0 Å². The van der Waals surface area contributed by atoms with E-state index < -0.39 is 0 Å². The van der Waals surface area contributed by atoms with E-state index in [0.29, 0.717) is 26.5 Å². The quantitative estimate of drug-likeness (QED) is 0.601. The summed E-state index contributed by atoms with van der Waals surface area (Å²) in [6, 6.07) is 9.79. The maximum atomic E-state index is 13.6. The van der Waals surface area contributed by atoms with Crippen LogP contribution in [0, 0.1) is 5.82 Å². The Balaban J connectivity index is 2.37. The monoisotopic (exact) mass is 376 g/mol. The van der Waals surface area contributed by atoms with Gasteiger partial charge in [0.05, 0.1) is 10.5 Å². The van der Waals surface area contributed by atoms with Crippen molar-refractivity contribution in [3.05, 3.63) is 67.9 Å². The molecule has 0 aliphatic carbocycles. The number of hydrazine groups is 1. The highest BCUT2D eigenvalue weighted by molar-refractivity contribution is 9.10. The molecule has 0 aromatic heterocycles. The van der Waals surface area contributed by atoms with Gasteiger partial charge in [0.25, 0.3) is 0 Å². The van der Waals surface area contributed by atoms with Crippen molar-refractivity contribution in [2.75, 3.05) is 0 Å². The minimum absolute atomic E-state index is 0.308. The fourth-order valence-electron chi connectivity index (χ4n) is 1.98. The summed E-state index contributed by atoms with van der Waals surface area (Å²) in [6.07, 6.45) is 0.455. The molecule has 0 heterocycles. The molecule has 0 aliphatic rings. The highest BCUT2D eigenvalue weighted by Crippen LogP contribution is 2.32. The standard InChI is InChI=1S/C14H12BrCl2FN2/c15-14-8(3-1-6-12(14)18)13(20-19)7-9-10(16)4-2-5-11(9)17/h1-6,13,20H,7,19H2. The van der Waals surface area contributed by atoms with Gasteiger partial charge in [-0.2, -0.15) is 0 Å². The highest BCUT2D eigenvalue weighted by Gasteiger charge is 2.18. The molecule has 0 aliphatic heterocycles. The van der Waals surface area contributed by atoms with Gasteiger partial charge in [0.15, 0.2) is 0 Å². The van der Waals surface area contributed by atoms with E-state index in [1.165, 1.54) is 6.07 Å². The lowest BCUT2D eigenvalue weighted by Gasteiger charge is -2.19. The van der Waals surface area contributed by atoms with Crippen LogP contribution in [0.4, 0.5) is 4.39 Å². The Bertz CT molecular complexity index is 602. The van der Waals surface area contributed by atoms with Crippen molar-refractivity contribution in [2.45, 2.75) is 12.5 Å². The van der Waals surface area contributed by atoms with Crippen LogP contribution in [0.3, 0.4) is 0 Å².